The second kappa shape index (κ2) is 11.7. The molecule has 1 atom stereocenters. The van der Waals surface area contributed by atoms with Gasteiger partial charge in [0.15, 0.2) is 0 Å². The lowest BCUT2D eigenvalue weighted by Crippen LogP contribution is -2.38. The van der Waals surface area contributed by atoms with E-state index in [-0.39, 0.29) is 23.8 Å². The van der Waals surface area contributed by atoms with Crippen LogP contribution in [0.1, 0.15) is 47.5 Å². The average molecular weight is 504 g/mol. The zero-order valence-electron chi connectivity index (χ0n) is 21.1. The number of nitrogens with zero attached hydrogens (tertiary/aromatic N) is 3. The summed E-state index contributed by atoms with van der Waals surface area (Å²) in [6.07, 6.45) is 3.49. The van der Waals surface area contributed by atoms with Crippen molar-refractivity contribution in [2.75, 3.05) is 31.6 Å². The molecule has 3 heterocycles. The maximum Gasteiger partial charge on any atom is 0.253 e. The number of piperidine rings is 1. The zero-order chi connectivity index (χ0) is 25.6. The van der Waals surface area contributed by atoms with Crippen LogP contribution in [0.25, 0.3) is 11.4 Å². The van der Waals surface area contributed by atoms with Crippen LogP contribution in [-0.2, 0) is 16.1 Å². The Hall–Kier alpha value is -3.56. The van der Waals surface area contributed by atoms with Crippen LogP contribution < -0.4 is 10.6 Å². The molecule has 0 spiro atoms. The van der Waals surface area contributed by atoms with E-state index in [1.807, 2.05) is 37.3 Å². The number of hydrogen-bond acceptors (Lipinski definition) is 7. The molecule has 5 rings (SSSR count). The molecule has 2 aliphatic heterocycles. The number of carbonyl (C=O) groups is 2. The van der Waals surface area contributed by atoms with Gasteiger partial charge < -0.3 is 19.9 Å². The van der Waals surface area contributed by atoms with E-state index in [1.54, 1.807) is 18.2 Å². The number of aryl methyl sites for hydroxylation is 1. The van der Waals surface area contributed by atoms with Crippen molar-refractivity contribution in [2.45, 2.75) is 45.3 Å². The van der Waals surface area contributed by atoms with Crippen LogP contribution in [0, 0.1) is 12.8 Å². The van der Waals surface area contributed by atoms with E-state index in [0.29, 0.717) is 36.1 Å². The molecule has 2 fully saturated rings. The summed E-state index contributed by atoms with van der Waals surface area (Å²) in [6.45, 7) is 5.33. The van der Waals surface area contributed by atoms with Crippen LogP contribution in [0.15, 0.2) is 53.1 Å². The second-order valence-corrected chi connectivity index (χ2v) is 9.81. The summed E-state index contributed by atoms with van der Waals surface area (Å²) in [5.41, 5.74) is 3.11. The van der Waals surface area contributed by atoms with E-state index in [1.165, 1.54) is 5.56 Å². The maximum absolute atomic E-state index is 13.0. The summed E-state index contributed by atoms with van der Waals surface area (Å²) in [6, 6.07) is 15.2. The van der Waals surface area contributed by atoms with Crippen LogP contribution in [0.2, 0.25) is 0 Å². The maximum atomic E-state index is 13.0. The summed E-state index contributed by atoms with van der Waals surface area (Å²) in [4.78, 5) is 32.6. The quantitative estimate of drug-likeness (QED) is 0.481. The van der Waals surface area contributed by atoms with Gasteiger partial charge in [-0.25, -0.2) is 0 Å². The van der Waals surface area contributed by atoms with Gasteiger partial charge in [0.1, 0.15) is 0 Å². The standard InChI is InChI=1S/C28H33N5O4/c1-19-8-10-20(11-9-19)26-31-25(37-32-26)18-33-14-12-21(13-15-33)27(34)30-24-7-3-2-6-23(24)28(35)29-17-22-5-4-16-36-22/h2-3,6-11,21-22H,4-5,12-18H2,1H3,(H,29,35)(H,30,34). The van der Waals surface area contributed by atoms with Gasteiger partial charge in [0, 0.05) is 24.6 Å². The fourth-order valence-electron chi connectivity index (χ4n) is 4.82. The summed E-state index contributed by atoms with van der Waals surface area (Å²) >= 11 is 0. The molecule has 0 bridgehead atoms. The molecule has 194 valence electrons. The topological polar surface area (TPSA) is 110 Å². The minimum Gasteiger partial charge on any atom is -0.376 e. The van der Waals surface area contributed by atoms with E-state index in [4.69, 9.17) is 9.26 Å². The lowest BCUT2D eigenvalue weighted by atomic mass is 9.95. The fraction of sp³-hybridized carbons (Fsp3) is 0.429. The first-order valence-corrected chi connectivity index (χ1v) is 13.0. The van der Waals surface area contributed by atoms with E-state index >= 15 is 0 Å². The predicted octanol–water partition coefficient (Wildman–Crippen LogP) is 3.80. The van der Waals surface area contributed by atoms with Crippen LogP contribution in [-0.4, -0.2) is 59.2 Å². The SMILES string of the molecule is Cc1ccc(-c2noc(CN3CCC(C(=O)Nc4ccccc4C(=O)NCC4CCCO4)CC3)n2)cc1. The molecular formula is C28H33N5O4. The molecule has 0 radical (unpaired) electrons. The third kappa shape index (κ3) is 6.42. The molecule has 0 aliphatic carbocycles. The van der Waals surface area contributed by atoms with Crippen molar-refractivity contribution in [3.8, 4) is 11.4 Å². The van der Waals surface area contributed by atoms with Gasteiger partial charge in [-0.1, -0.05) is 47.1 Å². The number of anilines is 1. The molecule has 2 aliphatic rings. The second-order valence-electron chi connectivity index (χ2n) is 9.81. The molecule has 0 saturated carbocycles. The smallest absolute Gasteiger partial charge is 0.253 e. The molecule has 3 aromatic rings. The predicted molar refractivity (Wildman–Crippen MR) is 139 cm³/mol. The minimum atomic E-state index is -0.203. The Bertz CT molecular complexity index is 1210. The number of likely N-dealkylation sites (tertiary alicyclic amines) is 1. The Labute approximate surface area is 216 Å². The molecule has 2 aromatic carbocycles. The van der Waals surface area contributed by atoms with E-state index in [2.05, 4.69) is 25.7 Å². The van der Waals surface area contributed by atoms with Gasteiger partial charge in [-0.2, -0.15) is 4.98 Å². The highest BCUT2D eigenvalue weighted by atomic mass is 16.5. The lowest BCUT2D eigenvalue weighted by molar-refractivity contribution is -0.121. The Balaban J connectivity index is 1.11. The summed E-state index contributed by atoms with van der Waals surface area (Å²) in [5.74, 6) is 0.776. The number of ether oxygens (including phenoxy) is 1. The Kier molecular flexibility index (Phi) is 7.91. The first kappa shape index (κ1) is 25.1. The Morgan fingerprint density at radius 1 is 1.05 bits per heavy atom. The van der Waals surface area contributed by atoms with Gasteiger partial charge in [0.25, 0.3) is 5.91 Å². The van der Waals surface area contributed by atoms with Crippen molar-refractivity contribution in [1.29, 1.82) is 0 Å². The summed E-state index contributed by atoms with van der Waals surface area (Å²) in [7, 11) is 0. The van der Waals surface area contributed by atoms with Crippen LogP contribution in [0.5, 0.6) is 0 Å². The molecule has 2 N–H and O–H groups in total. The van der Waals surface area contributed by atoms with E-state index in [9.17, 15) is 9.59 Å². The molecule has 9 nitrogen and oxygen atoms in total. The van der Waals surface area contributed by atoms with Crippen molar-refractivity contribution in [2.24, 2.45) is 5.92 Å². The van der Waals surface area contributed by atoms with Crippen molar-refractivity contribution >= 4 is 17.5 Å². The van der Waals surface area contributed by atoms with Gasteiger partial charge >= 0.3 is 0 Å². The molecule has 2 saturated heterocycles. The van der Waals surface area contributed by atoms with Crippen LogP contribution in [0.4, 0.5) is 5.69 Å². The van der Waals surface area contributed by atoms with Crippen LogP contribution in [0.3, 0.4) is 0 Å². The largest absolute Gasteiger partial charge is 0.376 e. The van der Waals surface area contributed by atoms with E-state index < -0.39 is 0 Å². The van der Waals surface area contributed by atoms with Gasteiger partial charge in [-0.15, -0.1) is 0 Å². The van der Waals surface area contributed by atoms with Crippen molar-refractivity contribution in [3.05, 3.63) is 65.5 Å². The molecule has 1 unspecified atom stereocenters. The number of carbonyl (C=O) groups excluding carboxylic acids is 2. The van der Waals surface area contributed by atoms with Crippen molar-refractivity contribution < 1.29 is 18.8 Å². The average Bonchev–Trinajstić information content (AvgIpc) is 3.61. The Morgan fingerprint density at radius 3 is 2.59 bits per heavy atom. The lowest BCUT2D eigenvalue weighted by Gasteiger charge is -2.30. The number of para-hydroxylation sites is 1. The summed E-state index contributed by atoms with van der Waals surface area (Å²) in [5, 5.41) is 10.0. The third-order valence-corrected chi connectivity index (χ3v) is 7.04. The van der Waals surface area contributed by atoms with Gasteiger partial charge in [-0.3, -0.25) is 14.5 Å². The number of amides is 2. The van der Waals surface area contributed by atoms with Gasteiger partial charge in [0.2, 0.25) is 17.6 Å². The highest BCUT2D eigenvalue weighted by Crippen LogP contribution is 2.23. The zero-order valence-corrected chi connectivity index (χ0v) is 21.1. The highest BCUT2D eigenvalue weighted by Gasteiger charge is 2.27. The minimum absolute atomic E-state index is 0.0570. The first-order chi connectivity index (χ1) is 18.0. The van der Waals surface area contributed by atoms with Crippen LogP contribution >= 0.6 is 0 Å². The monoisotopic (exact) mass is 503 g/mol. The summed E-state index contributed by atoms with van der Waals surface area (Å²) < 4.78 is 11.0. The van der Waals surface area contributed by atoms with E-state index in [0.717, 1.165) is 50.9 Å². The van der Waals surface area contributed by atoms with Crippen molar-refractivity contribution in [3.63, 3.8) is 0 Å². The molecule has 1 aromatic heterocycles. The number of benzene rings is 2. The number of rotatable bonds is 8. The fourth-order valence-corrected chi connectivity index (χ4v) is 4.82. The molecule has 2 amide bonds. The van der Waals surface area contributed by atoms with Gasteiger partial charge in [0.05, 0.1) is 23.9 Å². The molecular weight excluding hydrogens is 470 g/mol. The van der Waals surface area contributed by atoms with Crippen molar-refractivity contribution in [1.82, 2.24) is 20.4 Å². The molecule has 9 heteroatoms. The Morgan fingerprint density at radius 2 is 1.84 bits per heavy atom. The number of nitrogens with one attached hydrogen (secondary N) is 2. The number of aromatic nitrogens is 2. The highest BCUT2D eigenvalue weighted by molar-refractivity contribution is 6.04. The normalized spacial score (nSPS) is 18.6. The van der Waals surface area contributed by atoms with Gasteiger partial charge in [-0.05, 0) is 57.8 Å². The molecule has 37 heavy (non-hydrogen) atoms. The third-order valence-electron chi connectivity index (χ3n) is 7.04. The number of hydrogen-bond donors (Lipinski definition) is 2. The first-order valence-electron chi connectivity index (χ1n) is 13.0.